The number of aromatic nitrogens is 1. The average Bonchev–Trinajstić information content (AvgIpc) is 2.44. The van der Waals surface area contributed by atoms with Gasteiger partial charge < -0.3 is 4.74 Å². The topological polar surface area (TPSA) is 85.4 Å². The van der Waals surface area contributed by atoms with Crippen molar-refractivity contribution in [2.45, 2.75) is 44.0 Å². The average molecular weight is 300 g/mol. The van der Waals surface area contributed by atoms with E-state index in [-0.39, 0.29) is 11.5 Å². The van der Waals surface area contributed by atoms with Gasteiger partial charge in [0, 0.05) is 12.4 Å². The Morgan fingerprint density at radius 1 is 1.45 bits per heavy atom. The minimum Gasteiger partial charge on any atom is -0.465 e. The molecule has 112 valence electrons. The Morgan fingerprint density at radius 2 is 2.20 bits per heavy atom. The number of nitrogens with zero attached hydrogens (tertiary/aromatic N) is 1. The van der Waals surface area contributed by atoms with Crippen LogP contribution in [-0.2, 0) is 19.6 Å². The van der Waals surface area contributed by atoms with E-state index in [1.165, 1.54) is 24.5 Å². The normalized spacial score (nSPS) is 12.9. The van der Waals surface area contributed by atoms with Crippen molar-refractivity contribution in [3.63, 3.8) is 0 Å². The van der Waals surface area contributed by atoms with Crippen LogP contribution < -0.4 is 4.72 Å². The fourth-order valence-corrected chi connectivity index (χ4v) is 2.82. The van der Waals surface area contributed by atoms with Crippen LogP contribution in [-0.4, -0.2) is 32.0 Å². The van der Waals surface area contributed by atoms with Gasteiger partial charge in [0.15, 0.2) is 0 Å². The molecule has 1 N–H and O–H groups in total. The van der Waals surface area contributed by atoms with Crippen molar-refractivity contribution in [3.05, 3.63) is 24.5 Å². The summed E-state index contributed by atoms with van der Waals surface area (Å²) in [6.07, 6.45) is 4.74. The highest BCUT2D eigenvalue weighted by molar-refractivity contribution is 7.89. The summed E-state index contributed by atoms with van der Waals surface area (Å²) in [7, 11) is -3.77. The Balaban J connectivity index is 2.85. The first-order valence-electron chi connectivity index (χ1n) is 6.60. The fourth-order valence-electron chi connectivity index (χ4n) is 1.64. The highest BCUT2D eigenvalue weighted by atomic mass is 32.2. The summed E-state index contributed by atoms with van der Waals surface area (Å²) in [5, 5.41) is 0. The molecule has 6 nitrogen and oxygen atoms in total. The zero-order valence-electron chi connectivity index (χ0n) is 11.7. The summed E-state index contributed by atoms with van der Waals surface area (Å²) in [4.78, 5) is 15.6. The van der Waals surface area contributed by atoms with E-state index in [9.17, 15) is 13.2 Å². The van der Waals surface area contributed by atoms with Crippen LogP contribution >= 0.6 is 0 Å². The Kier molecular flexibility index (Phi) is 6.60. The van der Waals surface area contributed by atoms with Crippen LogP contribution in [0.3, 0.4) is 0 Å². The van der Waals surface area contributed by atoms with Crippen molar-refractivity contribution < 1.29 is 17.9 Å². The molecular weight excluding hydrogens is 280 g/mol. The SMILES string of the molecule is CCCCC(NS(=O)(=O)c1cccnc1)C(=O)OCC. The maximum absolute atomic E-state index is 12.2. The molecule has 0 saturated heterocycles. The van der Waals surface area contributed by atoms with Gasteiger partial charge in [-0.2, -0.15) is 4.72 Å². The zero-order chi connectivity index (χ0) is 15.0. The van der Waals surface area contributed by atoms with Crippen LogP contribution in [0, 0.1) is 0 Å². The van der Waals surface area contributed by atoms with Crippen molar-refractivity contribution in [1.29, 1.82) is 0 Å². The van der Waals surface area contributed by atoms with Crippen molar-refractivity contribution in [1.82, 2.24) is 9.71 Å². The lowest BCUT2D eigenvalue weighted by molar-refractivity contribution is -0.145. The Labute approximate surface area is 119 Å². The first-order chi connectivity index (χ1) is 9.51. The van der Waals surface area contributed by atoms with Gasteiger partial charge in [0.05, 0.1) is 6.61 Å². The molecule has 1 aromatic rings. The lowest BCUT2D eigenvalue weighted by Gasteiger charge is -2.16. The van der Waals surface area contributed by atoms with Crippen LogP contribution in [0.4, 0.5) is 0 Å². The van der Waals surface area contributed by atoms with Gasteiger partial charge in [-0.05, 0) is 25.5 Å². The number of nitrogens with one attached hydrogen (secondary N) is 1. The maximum atomic E-state index is 12.2. The number of carbonyl (C=O) groups is 1. The summed E-state index contributed by atoms with van der Waals surface area (Å²) in [6, 6.07) is 2.09. The van der Waals surface area contributed by atoms with Gasteiger partial charge in [0.1, 0.15) is 10.9 Å². The molecule has 1 aromatic heterocycles. The van der Waals surface area contributed by atoms with E-state index in [1.807, 2.05) is 6.92 Å². The molecule has 0 radical (unpaired) electrons. The number of sulfonamides is 1. The summed E-state index contributed by atoms with van der Waals surface area (Å²) in [6.45, 7) is 3.87. The number of unbranched alkanes of at least 4 members (excludes halogenated alkanes) is 1. The van der Waals surface area contributed by atoms with E-state index in [0.29, 0.717) is 6.42 Å². The molecule has 0 aliphatic carbocycles. The lowest BCUT2D eigenvalue weighted by atomic mass is 10.1. The van der Waals surface area contributed by atoms with Gasteiger partial charge in [-0.1, -0.05) is 19.8 Å². The smallest absolute Gasteiger partial charge is 0.324 e. The van der Waals surface area contributed by atoms with Crippen LogP contribution in [0.1, 0.15) is 33.1 Å². The van der Waals surface area contributed by atoms with E-state index in [2.05, 4.69) is 9.71 Å². The Bertz CT molecular complexity index is 516. The van der Waals surface area contributed by atoms with Crippen molar-refractivity contribution in [3.8, 4) is 0 Å². The second kappa shape index (κ2) is 7.96. The molecule has 20 heavy (non-hydrogen) atoms. The molecule has 0 aliphatic rings. The monoisotopic (exact) mass is 300 g/mol. The number of carbonyl (C=O) groups excluding carboxylic acids is 1. The Morgan fingerprint density at radius 3 is 2.75 bits per heavy atom. The fraction of sp³-hybridized carbons (Fsp3) is 0.538. The van der Waals surface area contributed by atoms with E-state index in [0.717, 1.165) is 12.8 Å². The summed E-state index contributed by atoms with van der Waals surface area (Å²) in [5.74, 6) is -0.548. The number of rotatable bonds is 8. The largest absolute Gasteiger partial charge is 0.465 e. The van der Waals surface area contributed by atoms with E-state index >= 15 is 0 Å². The maximum Gasteiger partial charge on any atom is 0.324 e. The third-order valence-corrected chi connectivity index (χ3v) is 4.12. The molecule has 0 fully saturated rings. The van der Waals surface area contributed by atoms with Crippen LogP contribution in [0.15, 0.2) is 29.4 Å². The molecule has 0 aromatic carbocycles. The molecule has 1 rings (SSSR count). The second-order valence-electron chi connectivity index (χ2n) is 4.26. The number of hydrogen-bond acceptors (Lipinski definition) is 5. The van der Waals surface area contributed by atoms with Crippen molar-refractivity contribution >= 4 is 16.0 Å². The third-order valence-electron chi connectivity index (χ3n) is 2.66. The molecular formula is C13H20N2O4S. The van der Waals surface area contributed by atoms with Crippen LogP contribution in [0.5, 0.6) is 0 Å². The molecule has 0 saturated carbocycles. The second-order valence-corrected chi connectivity index (χ2v) is 5.97. The first kappa shape index (κ1) is 16.6. The minimum absolute atomic E-state index is 0.0331. The predicted molar refractivity (Wildman–Crippen MR) is 74.5 cm³/mol. The highest BCUT2D eigenvalue weighted by Crippen LogP contribution is 2.10. The van der Waals surface area contributed by atoms with Crippen LogP contribution in [0.25, 0.3) is 0 Å². The van der Waals surface area contributed by atoms with Crippen molar-refractivity contribution in [2.75, 3.05) is 6.61 Å². The predicted octanol–water partition coefficient (Wildman–Crippen LogP) is 1.48. The zero-order valence-corrected chi connectivity index (χ0v) is 12.5. The van der Waals surface area contributed by atoms with E-state index in [4.69, 9.17) is 4.74 Å². The molecule has 0 aliphatic heterocycles. The number of pyridine rings is 1. The van der Waals surface area contributed by atoms with E-state index in [1.54, 1.807) is 6.92 Å². The summed E-state index contributed by atoms with van der Waals surface area (Å²) < 4.78 is 31.6. The van der Waals surface area contributed by atoms with Gasteiger partial charge in [-0.3, -0.25) is 9.78 Å². The number of ether oxygens (including phenoxy) is 1. The van der Waals surface area contributed by atoms with Gasteiger partial charge in [-0.25, -0.2) is 8.42 Å². The van der Waals surface area contributed by atoms with Gasteiger partial charge in [0.2, 0.25) is 10.0 Å². The van der Waals surface area contributed by atoms with Gasteiger partial charge in [0.25, 0.3) is 0 Å². The Hall–Kier alpha value is -1.47. The molecule has 7 heteroatoms. The molecule has 1 heterocycles. The van der Waals surface area contributed by atoms with Crippen LogP contribution in [0.2, 0.25) is 0 Å². The minimum atomic E-state index is -3.77. The molecule has 0 spiro atoms. The van der Waals surface area contributed by atoms with Gasteiger partial charge >= 0.3 is 5.97 Å². The quantitative estimate of drug-likeness (QED) is 0.735. The van der Waals surface area contributed by atoms with Gasteiger partial charge in [-0.15, -0.1) is 0 Å². The number of esters is 1. The molecule has 0 amide bonds. The first-order valence-corrected chi connectivity index (χ1v) is 8.08. The standard InChI is InChI=1S/C13H20N2O4S/c1-3-5-8-12(13(16)19-4-2)15-20(17,18)11-7-6-9-14-10-11/h6-7,9-10,12,15H,3-5,8H2,1-2H3. The third kappa shape index (κ3) is 4.90. The number of hydrogen-bond donors (Lipinski definition) is 1. The highest BCUT2D eigenvalue weighted by Gasteiger charge is 2.26. The van der Waals surface area contributed by atoms with E-state index < -0.39 is 22.0 Å². The summed E-state index contributed by atoms with van der Waals surface area (Å²) >= 11 is 0. The molecule has 0 bridgehead atoms. The lowest BCUT2D eigenvalue weighted by Crippen LogP contribution is -2.41. The summed E-state index contributed by atoms with van der Waals surface area (Å²) in [5.41, 5.74) is 0. The molecule has 1 atom stereocenters. The molecule has 1 unspecified atom stereocenters. The van der Waals surface area contributed by atoms with Crippen molar-refractivity contribution in [2.24, 2.45) is 0 Å².